The Morgan fingerprint density at radius 1 is 0.508 bits per heavy atom. The number of esters is 2. The van der Waals surface area contributed by atoms with Gasteiger partial charge in [0, 0.05) is 19.3 Å². The molecule has 0 aliphatic carbocycles. The maximum absolute atomic E-state index is 12.7. The molecule has 340 valence electrons. The number of rotatable bonds is 38. The second-order valence-corrected chi connectivity index (χ2v) is 15.7. The molecular formula is C53H82NO7+. The Balaban J connectivity index is 4.50. The lowest BCUT2D eigenvalue weighted by Crippen LogP contribution is -2.50. The molecule has 61 heavy (non-hydrogen) atoms. The van der Waals surface area contributed by atoms with Gasteiger partial charge in [0.2, 0.25) is 0 Å². The van der Waals surface area contributed by atoms with Crippen molar-refractivity contribution in [1.82, 2.24) is 0 Å². The van der Waals surface area contributed by atoms with Crippen molar-refractivity contribution in [3.05, 3.63) is 134 Å². The molecule has 0 saturated heterocycles. The van der Waals surface area contributed by atoms with Gasteiger partial charge in [-0.25, -0.2) is 4.79 Å². The zero-order valence-electron chi connectivity index (χ0n) is 38.5. The minimum absolute atomic E-state index is 0.0236. The fourth-order valence-corrected chi connectivity index (χ4v) is 5.74. The van der Waals surface area contributed by atoms with Gasteiger partial charge in [0.05, 0.1) is 34.4 Å². The molecule has 1 N–H and O–H groups in total. The van der Waals surface area contributed by atoms with Crippen molar-refractivity contribution >= 4 is 17.9 Å². The first kappa shape index (κ1) is 56.5. The van der Waals surface area contributed by atoms with Crippen LogP contribution < -0.4 is 0 Å². The van der Waals surface area contributed by atoms with Gasteiger partial charge in [-0.3, -0.25) is 9.59 Å². The molecule has 0 aromatic carbocycles. The number of likely N-dealkylation sites (N-methyl/N-ethyl adjacent to an activating group) is 1. The Labute approximate surface area is 371 Å². The molecule has 0 radical (unpaired) electrons. The predicted molar refractivity (Wildman–Crippen MR) is 256 cm³/mol. The van der Waals surface area contributed by atoms with E-state index in [1.165, 1.54) is 0 Å². The van der Waals surface area contributed by atoms with Gasteiger partial charge in [-0.15, -0.1) is 0 Å². The van der Waals surface area contributed by atoms with Crippen molar-refractivity contribution in [3.63, 3.8) is 0 Å². The summed E-state index contributed by atoms with van der Waals surface area (Å²) in [5, 5.41) is 9.63. The molecule has 0 aliphatic rings. The molecule has 0 aromatic rings. The quantitative estimate of drug-likeness (QED) is 0.0217. The SMILES string of the molecule is CC/C=C/C=C/C=C/C=C/C=C/C=C/CCCCCC(=O)OC(COCCC(C(=O)O)[N+](C)(C)C)COC(=O)CCCCCC/C=C/C/C=C/C/C=C/C/C=C/C/C=C/CC. The van der Waals surface area contributed by atoms with Crippen LogP contribution in [-0.4, -0.2) is 80.6 Å². The summed E-state index contributed by atoms with van der Waals surface area (Å²) in [6.45, 7) is 4.37. The number of hydrogen-bond donors (Lipinski definition) is 1. The van der Waals surface area contributed by atoms with Gasteiger partial charge in [0.15, 0.2) is 12.1 Å². The van der Waals surface area contributed by atoms with E-state index in [-0.39, 0.29) is 42.7 Å². The van der Waals surface area contributed by atoms with Crippen LogP contribution in [-0.2, 0) is 28.6 Å². The number of carbonyl (C=O) groups excluding carboxylic acids is 2. The highest BCUT2D eigenvalue weighted by atomic mass is 16.6. The Kier molecular flexibility index (Phi) is 39.0. The molecule has 8 heteroatoms. The maximum Gasteiger partial charge on any atom is 0.362 e. The Hall–Kier alpha value is -4.53. The normalized spacial score (nSPS) is 14.2. The molecule has 0 fully saturated rings. The lowest BCUT2D eigenvalue weighted by Gasteiger charge is -2.31. The van der Waals surface area contributed by atoms with E-state index in [9.17, 15) is 19.5 Å². The number of nitrogens with zero attached hydrogens (tertiary/aromatic N) is 1. The fraction of sp³-hybridized carbons (Fsp3) is 0.528. The van der Waals surface area contributed by atoms with E-state index >= 15 is 0 Å². The van der Waals surface area contributed by atoms with Gasteiger partial charge >= 0.3 is 17.9 Å². The van der Waals surface area contributed by atoms with Crippen LogP contribution in [0.25, 0.3) is 0 Å². The predicted octanol–water partition coefficient (Wildman–Crippen LogP) is 12.8. The van der Waals surface area contributed by atoms with Gasteiger partial charge in [-0.2, -0.15) is 0 Å². The van der Waals surface area contributed by atoms with Crippen LogP contribution in [0, 0.1) is 0 Å². The number of ether oxygens (including phenoxy) is 3. The molecule has 0 amide bonds. The first-order chi connectivity index (χ1) is 29.6. The molecule has 0 aliphatic heterocycles. The highest BCUT2D eigenvalue weighted by Gasteiger charge is 2.31. The van der Waals surface area contributed by atoms with Crippen LogP contribution in [0.3, 0.4) is 0 Å². The molecule has 0 aromatic heterocycles. The van der Waals surface area contributed by atoms with E-state index in [0.717, 1.165) is 89.9 Å². The molecule has 0 heterocycles. The zero-order valence-corrected chi connectivity index (χ0v) is 38.5. The average Bonchev–Trinajstić information content (AvgIpc) is 3.22. The van der Waals surface area contributed by atoms with Crippen LogP contribution in [0.15, 0.2) is 134 Å². The lowest BCUT2D eigenvalue weighted by atomic mass is 10.1. The largest absolute Gasteiger partial charge is 0.477 e. The van der Waals surface area contributed by atoms with Crippen LogP contribution in [0.4, 0.5) is 0 Å². The summed E-state index contributed by atoms with van der Waals surface area (Å²) in [6.07, 6.45) is 60.6. The number of hydrogen-bond acceptors (Lipinski definition) is 6. The van der Waals surface area contributed by atoms with Gasteiger partial charge < -0.3 is 23.8 Å². The summed E-state index contributed by atoms with van der Waals surface area (Å²) in [4.78, 5) is 37.0. The summed E-state index contributed by atoms with van der Waals surface area (Å²) in [5.41, 5.74) is 0. The van der Waals surface area contributed by atoms with Crippen molar-refractivity contribution < 1.29 is 38.2 Å². The average molecular weight is 845 g/mol. The number of aliphatic carboxylic acids is 1. The molecular weight excluding hydrogens is 763 g/mol. The van der Waals surface area contributed by atoms with Crippen molar-refractivity contribution in [2.75, 3.05) is 41.0 Å². The number of carboxylic acids is 1. The first-order valence-electron chi connectivity index (χ1n) is 22.8. The van der Waals surface area contributed by atoms with Crippen LogP contribution in [0.5, 0.6) is 0 Å². The van der Waals surface area contributed by atoms with Gasteiger partial charge in [0.1, 0.15) is 6.61 Å². The van der Waals surface area contributed by atoms with Gasteiger partial charge in [-0.05, 0) is 77.0 Å². The van der Waals surface area contributed by atoms with Crippen molar-refractivity contribution in [2.45, 2.75) is 142 Å². The highest BCUT2D eigenvalue weighted by Crippen LogP contribution is 2.12. The topological polar surface area (TPSA) is 99.1 Å². The molecule has 0 rings (SSSR count). The summed E-state index contributed by atoms with van der Waals surface area (Å²) in [5.74, 6) is -1.58. The monoisotopic (exact) mass is 845 g/mol. The Morgan fingerprint density at radius 3 is 1.48 bits per heavy atom. The van der Waals surface area contributed by atoms with E-state index in [1.807, 2.05) is 81.9 Å². The molecule has 2 atom stereocenters. The summed E-state index contributed by atoms with van der Waals surface area (Å²) in [7, 11) is 5.48. The fourth-order valence-electron chi connectivity index (χ4n) is 5.74. The molecule has 0 saturated carbocycles. The third-order valence-electron chi connectivity index (χ3n) is 9.21. The third kappa shape index (κ3) is 40.6. The number of carbonyl (C=O) groups is 3. The lowest BCUT2D eigenvalue weighted by molar-refractivity contribution is -0.887. The molecule has 8 nitrogen and oxygen atoms in total. The zero-order chi connectivity index (χ0) is 44.9. The Bertz CT molecular complexity index is 1450. The van der Waals surface area contributed by atoms with Crippen LogP contribution in [0.2, 0.25) is 0 Å². The second-order valence-electron chi connectivity index (χ2n) is 15.7. The van der Waals surface area contributed by atoms with Crippen LogP contribution in [0.1, 0.15) is 129 Å². The number of quaternary nitrogens is 1. The number of unbranched alkanes of at least 4 members (excludes halogenated alkanes) is 7. The Morgan fingerprint density at radius 2 is 0.951 bits per heavy atom. The standard InChI is InChI=1S/C53H81NO7/c1-6-8-10-12-14-16-18-20-22-24-25-26-28-29-31-33-35-37-39-41-43-51(55)60-48-49(47-59-46-45-50(53(57)58)54(3,4)5)61-52(56)44-42-40-38-36-34-32-30-27-23-21-19-17-15-13-11-9-7-2/h8-11,13-17,19-23,25-27,29-32,34,49-50H,6-7,12,18,24,28,33,35-48H2,1-5H3/p+1/b10-8+,11-9+,15-13+,16-14+,19-17+,22-20+,23-21+,26-25+,30-27+,31-29+,34-32+. The molecule has 0 bridgehead atoms. The number of allylic oxidation sites excluding steroid dienone is 22. The van der Waals surface area contributed by atoms with Crippen molar-refractivity contribution in [1.29, 1.82) is 0 Å². The van der Waals surface area contributed by atoms with E-state index in [0.29, 0.717) is 19.3 Å². The molecule has 0 spiro atoms. The smallest absolute Gasteiger partial charge is 0.362 e. The molecule has 2 unspecified atom stereocenters. The minimum Gasteiger partial charge on any atom is -0.477 e. The van der Waals surface area contributed by atoms with Gasteiger partial charge in [-0.1, -0.05) is 167 Å². The summed E-state index contributed by atoms with van der Waals surface area (Å²) in [6, 6.07) is -0.637. The van der Waals surface area contributed by atoms with Crippen LogP contribution >= 0.6 is 0 Å². The summed E-state index contributed by atoms with van der Waals surface area (Å²) >= 11 is 0. The summed E-state index contributed by atoms with van der Waals surface area (Å²) < 4.78 is 17.2. The van der Waals surface area contributed by atoms with E-state index < -0.39 is 18.1 Å². The van der Waals surface area contributed by atoms with E-state index in [4.69, 9.17) is 14.2 Å². The highest BCUT2D eigenvalue weighted by molar-refractivity contribution is 5.72. The van der Waals surface area contributed by atoms with E-state index in [1.54, 1.807) is 0 Å². The van der Waals surface area contributed by atoms with Crippen molar-refractivity contribution in [2.24, 2.45) is 0 Å². The number of carboxylic acid groups (broad SMARTS) is 1. The van der Waals surface area contributed by atoms with Gasteiger partial charge in [0.25, 0.3) is 0 Å². The second kappa shape index (κ2) is 42.2. The van der Waals surface area contributed by atoms with E-state index in [2.05, 4.69) is 86.8 Å². The first-order valence-corrected chi connectivity index (χ1v) is 22.8. The maximum atomic E-state index is 12.7. The minimum atomic E-state index is -0.894. The third-order valence-corrected chi connectivity index (χ3v) is 9.21. The van der Waals surface area contributed by atoms with Crippen molar-refractivity contribution in [3.8, 4) is 0 Å².